The summed E-state index contributed by atoms with van der Waals surface area (Å²) < 4.78 is 24.8. The minimum Gasteiger partial charge on any atom is -0.326 e. The zero-order valence-corrected chi connectivity index (χ0v) is 15.6. The molecular formula is C17H25N3O4S. The summed E-state index contributed by atoms with van der Waals surface area (Å²) >= 11 is 0. The van der Waals surface area contributed by atoms with Crippen LogP contribution in [0.4, 0.5) is 11.4 Å². The highest BCUT2D eigenvalue weighted by molar-refractivity contribution is 7.88. The fourth-order valence-corrected chi connectivity index (χ4v) is 4.02. The summed E-state index contributed by atoms with van der Waals surface area (Å²) in [5, 5.41) is 5.59. The third-order valence-electron chi connectivity index (χ3n) is 4.19. The third-order valence-corrected chi connectivity index (χ3v) is 5.48. The second-order valence-electron chi connectivity index (χ2n) is 6.35. The molecule has 8 heteroatoms. The van der Waals surface area contributed by atoms with Crippen LogP contribution in [-0.2, 0) is 19.6 Å². The topological polar surface area (TPSA) is 95.6 Å². The predicted octanol–water partition coefficient (Wildman–Crippen LogP) is 2.10. The van der Waals surface area contributed by atoms with Gasteiger partial charge in [0.2, 0.25) is 21.8 Å². The van der Waals surface area contributed by atoms with Gasteiger partial charge in [-0.2, -0.15) is 4.31 Å². The quantitative estimate of drug-likeness (QED) is 0.805. The van der Waals surface area contributed by atoms with Crippen LogP contribution >= 0.6 is 0 Å². The molecule has 1 aliphatic rings. The summed E-state index contributed by atoms with van der Waals surface area (Å²) in [7, 11) is -3.41. The van der Waals surface area contributed by atoms with Crippen LogP contribution in [0.5, 0.6) is 0 Å². The lowest BCUT2D eigenvalue weighted by molar-refractivity contribution is -0.119. The van der Waals surface area contributed by atoms with Crippen LogP contribution in [0, 0.1) is 6.92 Å². The van der Waals surface area contributed by atoms with Crippen LogP contribution < -0.4 is 10.6 Å². The van der Waals surface area contributed by atoms with Crippen molar-refractivity contribution < 1.29 is 18.0 Å². The Morgan fingerprint density at radius 1 is 1.28 bits per heavy atom. The zero-order valence-electron chi connectivity index (χ0n) is 14.8. The van der Waals surface area contributed by atoms with E-state index in [-0.39, 0.29) is 11.8 Å². The molecular weight excluding hydrogens is 342 g/mol. The van der Waals surface area contributed by atoms with Crippen LogP contribution in [0.3, 0.4) is 0 Å². The number of amides is 2. The monoisotopic (exact) mass is 367 g/mol. The second kappa shape index (κ2) is 7.97. The van der Waals surface area contributed by atoms with Gasteiger partial charge in [-0.05, 0) is 43.9 Å². The molecule has 0 saturated carbocycles. The van der Waals surface area contributed by atoms with Gasteiger partial charge in [0.25, 0.3) is 0 Å². The van der Waals surface area contributed by atoms with Crippen molar-refractivity contribution in [2.75, 3.05) is 23.4 Å². The molecule has 7 nitrogen and oxygen atoms in total. The summed E-state index contributed by atoms with van der Waals surface area (Å²) in [6.07, 6.45) is 3.47. The highest BCUT2D eigenvalue weighted by Crippen LogP contribution is 2.25. The molecule has 1 fully saturated rings. The predicted molar refractivity (Wildman–Crippen MR) is 97.9 cm³/mol. The normalized spacial score (nSPS) is 18.1. The highest BCUT2D eigenvalue weighted by Gasteiger charge is 2.36. The first kappa shape index (κ1) is 19.4. The molecule has 0 unspecified atom stereocenters. The Morgan fingerprint density at radius 2 is 2.00 bits per heavy atom. The Morgan fingerprint density at radius 3 is 2.64 bits per heavy atom. The van der Waals surface area contributed by atoms with E-state index in [1.54, 1.807) is 18.2 Å². The van der Waals surface area contributed by atoms with Crippen LogP contribution in [-0.4, -0.2) is 43.4 Å². The number of hydrogen-bond acceptors (Lipinski definition) is 4. The van der Waals surface area contributed by atoms with Crippen LogP contribution in [0.1, 0.15) is 38.2 Å². The van der Waals surface area contributed by atoms with Crippen molar-refractivity contribution in [3.05, 3.63) is 23.8 Å². The Hall–Kier alpha value is -1.93. The van der Waals surface area contributed by atoms with E-state index in [9.17, 15) is 18.0 Å². The van der Waals surface area contributed by atoms with E-state index < -0.39 is 16.1 Å². The minimum absolute atomic E-state index is 0.0809. The first-order chi connectivity index (χ1) is 11.7. The first-order valence-electron chi connectivity index (χ1n) is 8.40. The molecule has 1 aliphatic heterocycles. The number of carbonyl (C=O) groups excluding carboxylic acids is 2. The maximum Gasteiger partial charge on any atom is 0.242 e. The zero-order chi connectivity index (χ0) is 18.6. The van der Waals surface area contributed by atoms with Crippen LogP contribution in [0.25, 0.3) is 0 Å². The lowest BCUT2D eigenvalue weighted by Crippen LogP contribution is -2.42. The van der Waals surface area contributed by atoms with Crippen molar-refractivity contribution in [1.82, 2.24) is 4.31 Å². The van der Waals surface area contributed by atoms with E-state index >= 15 is 0 Å². The summed E-state index contributed by atoms with van der Waals surface area (Å²) in [6.45, 7) is 4.13. The van der Waals surface area contributed by atoms with Crippen molar-refractivity contribution in [2.24, 2.45) is 0 Å². The molecule has 2 N–H and O–H groups in total. The van der Waals surface area contributed by atoms with Crippen LogP contribution in [0.2, 0.25) is 0 Å². The standard InChI is InChI=1S/C17H25N3O4S/c1-4-6-16(21)18-13-9-8-12(2)14(11-13)19-17(22)15-7-5-10-20(15)25(3,23)24/h8-9,11,15H,4-7,10H2,1-3H3,(H,18,21)(H,19,22)/t15-/m0/s1. The van der Waals surface area contributed by atoms with E-state index in [1.807, 2.05) is 13.8 Å². The van der Waals surface area contributed by atoms with Gasteiger partial charge in [0.05, 0.1) is 6.26 Å². The van der Waals surface area contributed by atoms with E-state index in [0.717, 1.165) is 18.2 Å². The number of carbonyl (C=O) groups is 2. The maximum absolute atomic E-state index is 12.6. The lowest BCUT2D eigenvalue weighted by atomic mass is 10.1. The van der Waals surface area contributed by atoms with Gasteiger partial charge >= 0.3 is 0 Å². The Kier molecular flexibility index (Phi) is 6.18. The molecule has 1 heterocycles. The average Bonchev–Trinajstić information content (AvgIpc) is 3.00. The number of nitrogens with zero attached hydrogens (tertiary/aromatic N) is 1. The first-order valence-corrected chi connectivity index (χ1v) is 10.3. The molecule has 0 aliphatic carbocycles. The number of nitrogens with one attached hydrogen (secondary N) is 2. The molecule has 25 heavy (non-hydrogen) atoms. The van der Waals surface area contributed by atoms with E-state index in [1.165, 1.54) is 4.31 Å². The molecule has 2 rings (SSSR count). The van der Waals surface area contributed by atoms with Gasteiger partial charge in [0.15, 0.2) is 0 Å². The molecule has 1 saturated heterocycles. The lowest BCUT2D eigenvalue weighted by Gasteiger charge is -2.22. The van der Waals surface area contributed by atoms with Gasteiger partial charge in [-0.1, -0.05) is 13.0 Å². The highest BCUT2D eigenvalue weighted by atomic mass is 32.2. The molecule has 1 aromatic rings. The molecule has 1 aromatic carbocycles. The fraction of sp³-hybridized carbons (Fsp3) is 0.529. The summed E-state index contributed by atoms with van der Waals surface area (Å²) in [4.78, 5) is 24.3. The molecule has 0 spiro atoms. The van der Waals surface area contributed by atoms with Crippen molar-refractivity contribution >= 4 is 33.2 Å². The number of rotatable bonds is 6. The Balaban J connectivity index is 2.13. The van der Waals surface area contributed by atoms with Gasteiger partial charge in [0, 0.05) is 24.3 Å². The van der Waals surface area contributed by atoms with Crippen molar-refractivity contribution in [3.63, 3.8) is 0 Å². The Labute approximate surface area is 148 Å². The maximum atomic E-state index is 12.6. The third kappa shape index (κ3) is 5.02. The van der Waals surface area contributed by atoms with Gasteiger partial charge in [-0.3, -0.25) is 9.59 Å². The summed E-state index contributed by atoms with van der Waals surface area (Å²) in [5.41, 5.74) is 2.01. The molecule has 0 aromatic heterocycles. The molecule has 2 amide bonds. The fourth-order valence-electron chi connectivity index (χ4n) is 2.90. The summed E-state index contributed by atoms with van der Waals surface area (Å²) in [5.74, 6) is -0.425. The SMILES string of the molecule is CCCC(=O)Nc1ccc(C)c(NC(=O)[C@@H]2CCCN2S(C)(=O)=O)c1. The summed E-state index contributed by atoms with van der Waals surface area (Å²) in [6, 6.07) is 4.59. The molecule has 1 atom stereocenters. The molecule has 138 valence electrons. The largest absolute Gasteiger partial charge is 0.326 e. The van der Waals surface area contributed by atoms with Crippen molar-refractivity contribution in [2.45, 2.75) is 45.6 Å². The van der Waals surface area contributed by atoms with E-state index in [0.29, 0.717) is 37.2 Å². The number of aryl methyl sites for hydroxylation is 1. The van der Waals surface area contributed by atoms with Gasteiger partial charge < -0.3 is 10.6 Å². The molecule has 0 radical (unpaired) electrons. The van der Waals surface area contributed by atoms with Gasteiger partial charge in [-0.15, -0.1) is 0 Å². The van der Waals surface area contributed by atoms with Crippen molar-refractivity contribution in [3.8, 4) is 0 Å². The minimum atomic E-state index is -3.41. The number of anilines is 2. The average molecular weight is 367 g/mol. The molecule has 0 bridgehead atoms. The number of hydrogen-bond donors (Lipinski definition) is 2. The van der Waals surface area contributed by atoms with Crippen molar-refractivity contribution in [1.29, 1.82) is 0 Å². The Bertz CT molecular complexity index is 761. The van der Waals surface area contributed by atoms with E-state index in [2.05, 4.69) is 10.6 Å². The van der Waals surface area contributed by atoms with Crippen LogP contribution in [0.15, 0.2) is 18.2 Å². The second-order valence-corrected chi connectivity index (χ2v) is 8.28. The van der Waals surface area contributed by atoms with E-state index in [4.69, 9.17) is 0 Å². The van der Waals surface area contributed by atoms with Gasteiger partial charge in [0.1, 0.15) is 6.04 Å². The van der Waals surface area contributed by atoms with Gasteiger partial charge in [-0.25, -0.2) is 8.42 Å². The number of benzene rings is 1. The number of sulfonamides is 1. The smallest absolute Gasteiger partial charge is 0.242 e.